The van der Waals surface area contributed by atoms with E-state index in [1.807, 2.05) is 54.2 Å². The second kappa shape index (κ2) is 8.55. The topological polar surface area (TPSA) is 88.2 Å². The highest BCUT2D eigenvalue weighted by Crippen LogP contribution is 2.24. The molecule has 2 aromatic carbocycles. The fraction of sp³-hybridized carbons (Fsp3) is 0.250. The van der Waals surface area contributed by atoms with Gasteiger partial charge in [-0.2, -0.15) is 0 Å². The van der Waals surface area contributed by atoms with Gasteiger partial charge in [0, 0.05) is 41.6 Å². The molecule has 0 aliphatic rings. The van der Waals surface area contributed by atoms with Gasteiger partial charge in [-0.3, -0.25) is 9.59 Å². The molecule has 2 aromatic heterocycles. The number of aromatic nitrogens is 2. The first-order valence-corrected chi connectivity index (χ1v) is 10.2. The number of hydrogen-bond acceptors (Lipinski definition) is 3. The summed E-state index contributed by atoms with van der Waals surface area (Å²) in [6.07, 6.45) is 2.68. The van der Waals surface area contributed by atoms with Crippen LogP contribution >= 0.6 is 0 Å². The Labute approximate surface area is 180 Å². The lowest BCUT2D eigenvalue weighted by Gasteiger charge is -2.14. The Hall–Kier alpha value is -3.74. The third-order valence-electron chi connectivity index (χ3n) is 5.59. The average Bonchev–Trinajstić information content (AvgIpc) is 3.34. The zero-order valence-electron chi connectivity index (χ0n) is 17.9. The lowest BCUT2D eigenvalue weighted by molar-refractivity contribution is -0.122. The molecule has 0 saturated heterocycles. The number of ether oxygens (including phenoxy) is 1. The second-order valence-electron chi connectivity index (χ2n) is 7.61. The van der Waals surface area contributed by atoms with E-state index < -0.39 is 6.04 Å². The number of methoxy groups -OCH3 is 1. The van der Waals surface area contributed by atoms with E-state index in [0.29, 0.717) is 18.7 Å². The van der Waals surface area contributed by atoms with Crippen LogP contribution in [-0.4, -0.2) is 41.1 Å². The fourth-order valence-electron chi connectivity index (χ4n) is 3.82. The number of nitrogens with zero attached hydrogens (tertiary/aromatic N) is 1. The smallest absolute Gasteiger partial charge is 0.268 e. The lowest BCUT2D eigenvalue weighted by atomic mass is 10.1. The summed E-state index contributed by atoms with van der Waals surface area (Å²) in [6.45, 7) is 2.18. The van der Waals surface area contributed by atoms with Crippen LogP contribution in [0.2, 0.25) is 0 Å². The van der Waals surface area contributed by atoms with Gasteiger partial charge in [-0.05, 0) is 49.2 Å². The predicted molar refractivity (Wildman–Crippen MR) is 121 cm³/mol. The van der Waals surface area contributed by atoms with E-state index in [-0.39, 0.29) is 11.8 Å². The normalized spacial score (nSPS) is 12.1. The maximum absolute atomic E-state index is 12.8. The summed E-state index contributed by atoms with van der Waals surface area (Å²) in [5.41, 5.74) is 3.64. The monoisotopic (exact) mass is 418 g/mol. The third-order valence-corrected chi connectivity index (χ3v) is 5.59. The van der Waals surface area contributed by atoms with E-state index in [1.165, 1.54) is 0 Å². The van der Waals surface area contributed by atoms with E-state index in [9.17, 15) is 9.59 Å². The molecule has 0 unspecified atom stereocenters. The highest BCUT2D eigenvalue weighted by Gasteiger charge is 2.19. The minimum absolute atomic E-state index is 0.214. The van der Waals surface area contributed by atoms with Gasteiger partial charge in [0.1, 0.15) is 17.5 Å². The van der Waals surface area contributed by atoms with Crippen LogP contribution in [0.15, 0.2) is 54.7 Å². The van der Waals surface area contributed by atoms with Crippen LogP contribution in [-0.2, 0) is 18.3 Å². The molecule has 2 heterocycles. The maximum atomic E-state index is 12.8. The molecule has 7 nitrogen and oxygen atoms in total. The third kappa shape index (κ3) is 4.12. The summed E-state index contributed by atoms with van der Waals surface area (Å²) >= 11 is 0. The van der Waals surface area contributed by atoms with Crippen molar-refractivity contribution >= 4 is 33.6 Å². The highest BCUT2D eigenvalue weighted by molar-refractivity contribution is 6.01. The van der Waals surface area contributed by atoms with Gasteiger partial charge in [-0.15, -0.1) is 0 Å². The zero-order chi connectivity index (χ0) is 22.0. The molecule has 160 valence electrons. The molecule has 7 heteroatoms. The van der Waals surface area contributed by atoms with Gasteiger partial charge < -0.3 is 24.9 Å². The van der Waals surface area contributed by atoms with E-state index in [4.69, 9.17) is 4.74 Å². The number of nitrogens with one attached hydrogen (secondary N) is 3. The molecule has 0 aliphatic carbocycles. The largest absolute Gasteiger partial charge is 0.497 e. The molecule has 0 aliphatic heterocycles. The number of aromatic amines is 1. The van der Waals surface area contributed by atoms with E-state index in [2.05, 4.69) is 21.7 Å². The Morgan fingerprint density at radius 2 is 1.97 bits per heavy atom. The first kappa shape index (κ1) is 20.5. The minimum atomic E-state index is -0.650. The van der Waals surface area contributed by atoms with Crippen molar-refractivity contribution in [3.8, 4) is 5.75 Å². The summed E-state index contributed by atoms with van der Waals surface area (Å²) in [4.78, 5) is 28.5. The molecule has 31 heavy (non-hydrogen) atoms. The van der Waals surface area contributed by atoms with Crippen molar-refractivity contribution in [2.45, 2.75) is 19.4 Å². The molecule has 0 fully saturated rings. The van der Waals surface area contributed by atoms with E-state index in [0.717, 1.165) is 33.1 Å². The van der Waals surface area contributed by atoms with Gasteiger partial charge in [-0.1, -0.05) is 18.2 Å². The molecule has 0 spiro atoms. The van der Waals surface area contributed by atoms with Crippen molar-refractivity contribution < 1.29 is 14.3 Å². The SMILES string of the molecule is COc1ccc2c(c1)cc(C(=O)N[C@@H](C)C(=O)NCCc1c[nH]c3ccccc13)n2C. The van der Waals surface area contributed by atoms with Crippen molar-refractivity contribution in [2.75, 3.05) is 13.7 Å². The minimum Gasteiger partial charge on any atom is -0.497 e. The molecular formula is C24H26N4O3. The first-order chi connectivity index (χ1) is 15.0. The summed E-state index contributed by atoms with van der Waals surface area (Å²) in [5.74, 6) is 0.221. The van der Waals surface area contributed by atoms with Gasteiger partial charge >= 0.3 is 0 Å². The predicted octanol–water partition coefficient (Wildman–Crippen LogP) is 3.15. The number of H-pyrrole nitrogens is 1. The standard InChI is InChI=1S/C24H26N4O3/c1-15(23(29)25-11-10-16-14-26-20-7-5-4-6-19(16)20)27-24(30)22-13-17-12-18(31-3)8-9-21(17)28(22)2/h4-9,12-15,26H,10-11H2,1-3H3,(H,25,29)(H,27,30)/t15-/m0/s1. The Morgan fingerprint density at radius 1 is 1.16 bits per heavy atom. The van der Waals surface area contributed by atoms with E-state index >= 15 is 0 Å². The van der Waals surface area contributed by atoms with E-state index in [1.54, 1.807) is 20.1 Å². The van der Waals surface area contributed by atoms with Crippen LogP contribution in [0, 0.1) is 0 Å². The van der Waals surface area contributed by atoms with Crippen molar-refractivity contribution in [3.63, 3.8) is 0 Å². The number of hydrogen-bond donors (Lipinski definition) is 3. The van der Waals surface area contributed by atoms with Crippen LogP contribution in [0.3, 0.4) is 0 Å². The number of rotatable bonds is 7. The number of fused-ring (bicyclic) bond motifs is 2. The molecule has 3 N–H and O–H groups in total. The number of carbonyl (C=O) groups excluding carboxylic acids is 2. The van der Waals surface area contributed by atoms with Gasteiger partial charge in [0.05, 0.1) is 7.11 Å². The van der Waals surface area contributed by atoms with Crippen molar-refractivity contribution in [2.24, 2.45) is 7.05 Å². The van der Waals surface area contributed by atoms with Crippen molar-refractivity contribution in [3.05, 3.63) is 66.0 Å². The summed E-state index contributed by atoms with van der Waals surface area (Å²) in [5, 5.41) is 7.76. The van der Waals surface area contributed by atoms with Crippen molar-refractivity contribution in [1.29, 1.82) is 0 Å². The van der Waals surface area contributed by atoms with Crippen molar-refractivity contribution in [1.82, 2.24) is 20.2 Å². The molecule has 2 amide bonds. The maximum Gasteiger partial charge on any atom is 0.268 e. The van der Waals surface area contributed by atoms with Gasteiger partial charge in [0.25, 0.3) is 5.91 Å². The van der Waals surface area contributed by atoms with Gasteiger partial charge in [-0.25, -0.2) is 0 Å². The van der Waals surface area contributed by atoms with Crippen LogP contribution < -0.4 is 15.4 Å². The van der Waals surface area contributed by atoms with Gasteiger partial charge in [0.15, 0.2) is 0 Å². The number of para-hydroxylation sites is 1. The Morgan fingerprint density at radius 3 is 2.77 bits per heavy atom. The molecule has 1 atom stereocenters. The van der Waals surface area contributed by atoms with Gasteiger partial charge in [0.2, 0.25) is 5.91 Å². The summed E-state index contributed by atoms with van der Waals surface area (Å²) < 4.78 is 7.06. The Kier molecular flexibility index (Phi) is 5.66. The number of amides is 2. The zero-order valence-corrected chi connectivity index (χ0v) is 17.9. The van der Waals surface area contributed by atoms with Crippen LogP contribution in [0.1, 0.15) is 23.0 Å². The molecule has 0 bridgehead atoms. The van der Waals surface area contributed by atoms with Crippen LogP contribution in [0.25, 0.3) is 21.8 Å². The van der Waals surface area contributed by atoms with Crippen LogP contribution in [0.4, 0.5) is 0 Å². The molecule has 0 radical (unpaired) electrons. The quantitative estimate of drug-likeness (QED) is 0.431. The highest BCUT2D eigenvalue weighted by atomic mass is 16.5. The Bertz CT molecular complexity index is 1250. The Balaban J connectivity index is 1.35. The average molecular weight is 418 g/mol. The molecule has 4 aromatic rings. The molecule has 0 saturated carbocycles. The molecular weight excluding hydrogens is 392 g/mol. The number of carbonyl (C=O) groups is 2. The number of aryl methyl sites for hydroxylation is 1. The molecule has 4 rings (SSSR count). The summed E-state index contributed by atoms with van der Waals surface area (Å²) in [6, 6.07) is 14.9. The van der Waals surface area contributed by atoms with Crippen LogP contribution in [0.5, 0.6) is 5.75 Å². The fourth-order valence-corrected chi connectivity index (χ4v) is 3.82. The number of benzene rings is 2. The summed E-state index contributed by atoms with van der Waals surface area (Å²) in [7, 11) is 3.44. The first-order valence-electron chi connectivity index (χ1n) is 10.2. The second-order valence-corrected chi connectivity index (χ2v) is 7.61. The lowest BCUT2D eigenvalue weighted by Crippen LogP contribution is -2.45.